The Morgan fingerprint density at radius 1 is 1.50 bits per heavy atom. The van der Waals surface area contributed by atoms with E-state index in [-0.39, 0.29) is 11.8 Å². The van der Waals surface area contributed by atoms with Gasteiger partial charge in [0.2, 0.25) is 0 Å². The van der Waals surface area contributed by atoms with Gasteiger partial charge < -0.3 is 15.4 Å². The monoisotopic (exact) mass is 275 g/mol. The van der Waals surface area contributed by atoms with E-state index in [9.17, 15) is 4.79 Å². The van der Waals surface area contributed by atoms with Crippen LogP contribution in [0.2, 0.25) is 0 Å². The standard InChI is InChI=1S/C15H21N3O2/c1-4-18(10-11(3)9-16)15(19)12-6-7-14(20-5-2)13(17)8-12/h6-8,11H,4-5,10,17H2,1-3H3. The summed E-state index contributed by atoms with van der Waals surface area (Å²) in [6, 6.07) is 7.15. The molecule has 1 atom stereocenters. The number of nitrogens with zero attached hydrogens (tertiary/aromatic N) is 2. The molecule has 0 aliphatic rings. The van der Waals surface area contributed by atoms with E-state index in [0.29, 0.717) is 36.7 Å². The number of hydrogen-bond donors (Lipinski definition) is 1. The van der Waals surface area contributed by atoms with Crippen LogP contribution >= 0.6 is 0 Å². The number of rotatable bonds is 6. The van der Waals surface area contributed by atoms with Gasteiger partial charge in [-0.25, -0.2) is 0 Å². The molecule has 5 nitrogen and oxygen atoms in total. The first-order chi connectivity index (χ1) is 9.53. The molecule has 0 aromatic heterocycles. The Hall–Kier alpha value is -2.22. The summed E-state index contributed by atoms with van der Waals surface area (Å²) in [6.45, 7) is 7.05. The Balaban J connectivity index is 2.90. The predicted molar refractivity (Wildman–Crippen MR) is 78.4 cm³/mol. The van der Waals surface area contributed by atoms with E-state index in [1.54, 1.807) is 30.0 Å². The maximum atomic E-state index is 12.4. The van der Waals surface area contributed by atoms with Crippen molar-refractivity contribution in [3.63, 3.8) is 0 Å². The van der Waals surface area contributed by atoms with E-state index in [4.69, 9.17) is 15.7 Å². The van der Waals surface area contributed by atoms with E-state index >= 15 is 0 Å². The van der Waals surface area contributed by atoms with Crippen LogP contribution in [0.25, 0.3) is 0 Å². The number of carbonyl (C=O) groups excluding carboxylic acids is 1. The second kappa shape index (κ2) is 7.39. The molecule has 2 N–H and O–H groups in total. The van der Waals surface area contributed by atoms with Crippen molar-refractivity contribution < 1.29 is 9.53 Å². The van der Waals surface area contributed by atoms with Gasteiger partial charge in [-0.2, -0.15) is 5.26 Å². The van der Waals surface area contributed by atoms with Gasteiger partial charge in [-0.15, -0.1) is 0 Å². The Bertz CT molecular complexity index is 508. The SMILES string of the molecule is CCOc1ccc(C(=O)N(CC)CC(C)C#N)cc1N. The molecule has 0 saturated heterocycles. The second-order valence-corrected chi connectivity index (χ2v) is 4.56. The fraction of sp³-hybridized carbons (Fsp3) is 0.467. The Labute approximate surface area is 119 Å². The van der Waals surface area contributed by atoms with Crippen LogP contribution in [0, 0.1) is 17.2 Å². The predicted octanol–water partition coefficient (Wildman–Crippen LogP) is 2.29. The number of nitrogens with two attached hydrogens (primary N) is 1. The van der Waals surface area contributed by atoms with Gasteiger partial charge in [0.1, 0.15) is 5.75 Å². The molecule has 1 rings (SSSR count). The van der Waals surface area contributed by atoms with Gasteiger partial charge in [-0.05, 0) is 39.0 Å². The lowest BCUT2D eigenvalue weighted by Crippen LogP contribution is -2.34. The second-order valence-electron chi connectivity index (χ2n) is 4.56. The molecule has 1 aromatic rings. The maximum absolute atomic E-state index is 12.4. The first-order valence-corrected chi connectivity index (χ1v) is 6.74. The molecule has 1 unspecified atom stereocenters. The summed E-state index contributed by atoms with van der Waals surface area (Å²) >= 11 is 0. The lowest BCUT2D eigenvalue weighted by atomic mass is 10.1. The minimum Gasteiger partial charge on any atom is -0.492 e. The molecule has 0 bridgehead atoms. The summed E-state index contributed by atoms with van der Waals surface area (Å²) in [5.41, 5.74) is 6.82. The maximum Gasteiger partial charge on any atom is 0.253 e. The van der Waals surface area contributed by atoms with Gasteiger partial charge in [0.25, 0.3) is 5.91 Å². The van der Waals surface area contributed by atoms with Crippen LogP contribution in [-0.2, 0) is 0 Å². The number of ether oxygens (including phenoxy) is 1. The van der Waals surface area contributed by atoms with Crippen molar-refractivity contribution in [1.29, 1.82) is 5.26 Å². The number of amides is 1. The quantitative estimate of drug-likeness (QED) is 0.808. The molecule has 0 fully saturated rings. The summed E-state index contributed by atoms with van der Waals surface area (Å²) in [6.07, 6.45) is 0. The van der Waals surface area contributed by atoms with E-state index in [0.717, 1.165) is 0 Å². The van der Waals surface area contributed by atoms with Gasteiger partial charge >= 0.3 is 0 Å². The van der Waals surface area contributed by atoms with Crippen LogP contribution in [0.3, 0.4) is 0 Å². The van der Waals surface area contributed by atoms with Crippen molar-refractivity contribution in [3.8, 4) is 11.8 Å². The van der Waals surface area contributed by atoms with Crippen LogP contribution in [0.1, 0.15) is 31.1 Å². The molecule has 108 valence electrons. The Morgan fingerprint density at radius 2 is 2.20 bits per heavy atom. The van der Waals surface area contributed by atoms with Crippen molar-refractivity contribution in [3.05, 3.63) is 23.8 Å². The van der Waals surface area contributed by atoms with Gasteiger partial charge in [-0.1, -0.05) is 0 Å². The van der Waals surface area contributed by atoms with Crippen molar-refractivity contribution in [2.24, 2.45) is 5.92 Å². The van der Waals surface area contributed by atoms with Crippen LogP contribution < -0.4 is 10.5 Å². The van der Waals surface area contributed by atoms with Crippen LogP contribution in [0.5, 0.6) is 5.75 Å². The number of carbonyl (C=O) groups is 1. The molecule has 1 amide bonds. The smallest absolute Gasteiger partial charge is 0.253 e. The first kappa shape index (κ1) is 15.8. The van der Waals surface area contributed by atoms with Crippen molar-refractivity contribution in [2.45, 2.75) is 20.8 Å². The third-order valence-electron chi connectivity index (χ3n) is 2.94. The third kappa shape index (κ3) is 3.89. The average Bonchev–Trinajstić information content (AvgIpc) is 2.46. The molecule has 0 aliphatic carbocycles. The van der Waals surface area contributed by atoms with Gasteiger partial charge in [0.15, 0.2) is 0 Å². The normalized spacial score (nSPS) is 11.5. The highest BCUT2D eigenvalue weighted by molar-refractivity contribution is 5.95. The molecule has 0 saturated carbocycles. The van der Waals surface area contributed by atoms with Crippen molar-refractivity contribution >= 4 is 11.6 Å². The van der Waals surface area contributed by atoms with E-state index in [1.807, 2.05) is 13.8 Å². The molecule has 1 aromatic carbocycles. The minimum atomic E-state index is -0.195. The zero-order valence-corrected chi connectivity index (χ0v) is 12.2. The van der Waals surface area contributed by atoms with E-state index < -0.39 is 0 Å². The lowest BCUT2D eigenvalue weighted by molar-refractivity contribution is 0.0752. The summed E-state index contributed by atoms with van der Waals surface area (Å²) < 4.78 is 5.35. The number of nitriles is 1. The fourth-order valence-electron chi connectivity index (χ4n) is 1.88. The molecular weight excluding hydrogens is 254 g/mol. The Morgan fingerprint density at radius 3 is 2.70 bits per heavy atom. The molecule has 0 aliphatic heterocycles. The zero-order valence-electron chi connectivity index (χ0n) is 12.2. The summed E-state index contributed by atoms with van der Waals surface area (Å²) in [5, 5.41) is 8.85. The van der Waals surface area contributed by atoms with Gasteiger partial charge in [0, 0.05) is 18.7 Å². The topological polar surface area (TPSA) is 79.3 Å². The highest BCUT2D eigenvalue weighted by Crippen LogP contribution is 2.23. The van der Waals surface area contributed by atoms with Gasteiger partial charge in [-0.3, -0.25) is 4.79 Å². The lowest BCUT2D eigenvalue weighted by Gasteiger charge is -2.22. The van der Waals surface area contributed by atoms with E-state index in [1.165, 1.54) is 0 Å². The molecular formula is C15H21N3O2. The van der Waals surface area contributed by atoms with E-state index in [2.05, 4.69) is 6.07 Å². The number of nitrogen functional groups attached to an aromatic ring is 1. The molecule has 5 heteroatoms. The third-order valence-corrected chi connectivity index (χ3v) is 2.94. The summed E-state index contributed by atoms with van der Waals surface area (Å²) in [4.78, 5) is 14.0. The van der Waals surface area contributed by atoms with Crippen molar-refractivity contribution in [2.75, 3.05) is 25.4 Å². The van der Waals surface area contributed by atoms with Crippen LogP contribution in [-0.4, -0.2) is 30.5 Å². The molecule has 0 spiro atoms. The highest BCUT2D eigenvalue weighted by Gasteiger charge is 2.17. The van der Waals surface area contributed by atoms with Crippen LogP contribution in [0.4, 0.5) is 5.69 Å². The fourth-order valence-corrected chi connectivity index (χ4v) is 1.88. The van der Waals surface area contributed by atoms with Crippen LogP contribution in [0.15, 0.2) is 18.2 Å². The largest absolute Gasteiger partial charge is 0.492 e. The first-order valence-electron chi connectivity index (χ1n) is 6.74. The van der Waals surface area contributed by atoms with Gasteiger partial charge in [0.05, 0.1) is 24.3 Å². The number of hydrogen-bond acceptors (Lipinski definition) is 4. The average molecular weight is 275 g/mol. The number of anilines is 1. The molecule has 0 heterocycles. The minimum absolute atomic E-state index is 0.121. The molecule has 20 heavy (non-hydrogen) atoms. The summed E-state index contributed by atoms with van der Waals surface area (Å²) in [7, 11) is 0. The zero-order chi connectivity index (χ0) is 15.1. The highest BCUT2D eigenvalue weighted by atomic mass is 16.5. The Kier molecular flexibility index (Phi) is 5.85. The molecule has 0 radical (unpaired) electrons. The van der Waals surface area contributed by atoms with Crippen molar-refractivity contribution in [1.82, 2.24) is 4.90 Å². The summed E-state index contributed by atoms with van der Waals surface area (Å²) in [5.74, 6) is 0.265. The number of benzene rings is 1.